The molecule has 6 nitrogen and oxygen atoms in total. The highest BCUT2D eigenvalue weighted by Gasteiger charge is 2.37. The summed E-state index contributed by atoms with van der Waals surface area (Å²) < 4.78 is 0. The molecule has 0 N–H and O–H groups in total. The van der Waals surface area contributed by atoms with E-state index in [9.17, 15) is 9.59 Å². The van der Waals surface area contributed by atoms with Gasteiger partial charge in [-0.25, -0.2) is 9.97 Å². The van der Waals surface area contributed by atoms with E-state index in [0.29, 0.717) is 31.2 Å². The van der Waals surface area contributed by atoms with E-state index in [0.717, 1.165) is 42.3 Å². The Balaban J connectivity index is 1.56. The summed E-state index contributed by atoms with van der Waals surface area (Å²) in [4.78, 5) is 39.1. The summed E-state index contributed by atoms with van der Waals surface area (Å²) in [5.74, 6) is 2.79. The fourth-order valence-corrected chi connectivity index (χ4v) is 5.19. The van der Waals surface area contributed by atoms with Crippen LogP contribution in [0.2, 0.25) is 0 Å². The summed E-state index contributed by atoms with van der Waals surface area (Å²) in [7, 11) is 0. The normalized spacial score (nSPS) is 22.6. The first-order valence-electron chi connectivity index (χ1n) is 11.4. The van der Waals surface area contributed by atoms with Crippen LogP contribution in [0, 0.1) is 18.8 Å². The van der Waals surface area contributed by atoms with Gasteiger partial charge in [0.15, 0.2) is 5.82 Å². The number of likely N-dealkylation sites (tertiary alicyclic amines) is 1. The average Bonchev–Trinajstić information content (AvgIpc) is 3.29. The second-order valence-electron chi connectivity index (χ2n) is 9.50. The topological polar surface area (TPSA) is 66.4 Å². The predicted molar refractivity (Wildman–Crippen MR) is 113 cm³/mol. The van der Waals surface area contributed by atoms with Crippen molar-refractivity contribution in [3.63, 3.8) is 0 Å². The molecule has 2 fully saturated rings. The van der Waals surface area contributed by atoms with Gasteiger partial charge >= 0.3 is 0 Å². The number of carbonyl (C=O) groups excluding carboxylic acids is 2. The fourth-order valence-electron chi connectivity index (χ4n) is 5.19. The van der Waals surface area contributed by atoms with Crippen molar-refractivity contribution >= 4 is 17.6 Å². The molecule has 1 aromatic heterocycles. The van der Waals surface area contributed by atoms with E-state index in [2.05, 4.69) is 13.8 Å². The van der Waals surface area contributed by atoms with Gasteiger partial charge in [-0.3, -0.25) is 14.5 Å². The maximum absolute atomic E-state index is 13.1. The number of rotatable bonds is 5. The van der Waals surface area contributed by atoms with Crippen molar-refractivity contribution in [2.24, 2.45) is 11.8 Å². The molecule has 1 aromatic rings. The lowest BCUT2D eigenvalue weighted by molar-refractivity contribution is -0.133. The van der Waals surface area contributed by atoms with Crippen molar-refractivity contribution in [2.75, 3.05) is 18.0 Å². The Labute approximate surface area is 174 Å². The molecule has 0 bridgehead atoms. The number of hydrogen-bond donors (Lipinski definition) is 0. The first kappa shape index (κ1) is 20.3. The Morgan fingerprint density at radius 2 is 1.86 bits per heavy atom. The van der Waals surface area contributed by atoms with Gasteiger partial charge in [-0.15, -0.1) is 0 Å². The van der Waals surface area contributed by atoms with Crippen LogP contribution >= 0.6 is 0 Å². The summed E-state index contributed by atoms with van der Waals surface area (Å²) in [6.45, 7) is 7.67. The Kier molecular flexibility index (Phi) is 5.88. The molecule has 4 rings (SSSR count). The number of carbonyl (C=O) groups is 2. The molecular formula is C23H34N4O2. The lowest BCUT2D eigenvalue weighted by atomic mass is 9.86. The van der Waals surface area contributed by atoms with Gasteiger partial charge in [-0.1, -0.05) is 33.1 Å². The van der Waals surface area contributed by atoms with Gasteiger partial charge in [0.05, 0.1) is 12.5 Å². The van der Waals surface area contributed by atoms with E-state index >= 15 is 0 Å². The third-order valence-electron chi connectivity index (χ3n) is 6.70. The van der Waals surface area contributed by atoms with E-state index in [-0.39, 0.29) is 17.9 Å². The molecule has 0 radical (unpaired) electrons. The minimum absolute atomic E-state index is 0.0494. The summed E-state index contributed by atoms with van der Waals surface area (Å²) in [6.07, 6.45) is 9.16. The van der Waals surface area contributed by atoms with Crippen LogP contribution in [0.1, 0.15) is 88.3 Å². The molecule has 3 aliphatic rings. The summed E-state index contributed by atoms with van der Waals surface area (Å²) in [5.41, 5.74) is 1.84. The number of anilines is 1. The minimum atomic E-state index is -0.0494. The molecular weight excluding hydrogens is 364 g/mol. The zero-order valence-electron chi connectivity index (χ0n) is 18.1. The third-order valence-corrected chi connectivity index (χ3v) is 6.70. The maximum atomic E-state index is 13.1. The third kappa shape index (κ3) is 4.17. The zero-order valence-corrected chi connectivity index (χ0v) is 18.1. The monoisotopic (exact) mass is 398 g/mol. The van der Waals surface area contributed by atoms with Crippen LogP contribution in [0.15, 0.2) is 0 Å². The molecule has 1 saturated carbocycles. The number of aryl methyl sites for hydroxylation is 1. The highest BCUT2D eigenvalue weighted by molar-refractivity contribution is 6.00. The van der Waals surface area contributed by atoms with Crippen molar-refractivity contribution in [1.82, 2.24) is 14.9 Å². The van der Waals surface area contributed by atoms with Gasteiger partial charge < -0.3 is 4.90 Å². The van der Waals surface area contributed by atoms with Crippen LogP contribution in [-0.2, 0) is 16.0 Å². The second kappa shape index (κ2) is 8.41. The van der Waals surface area contributed by atoms with Crippen LogP contribution in [0.3, 0.4) is 0 Å². The Morgan fingerprint density at radius 1 is 1.10 bits per heavy atom. The Morgan fingerprint density at radius 3 is 2.59 bits per heavy atom. The standard InChI is InChI=1S/C23H34N4O2/c1-15(2)14-27-21(29)13-18-16(3)24-22(25-23(18)27)19-10-7-11-26(19)20(28)12-17-8-5-4-6-9-17/h15,17,19H,4-14H2,1-3H3. The van der Waals surface area contributed by atoms with E-state index < -0.39 is 0 Å². The number of hydrogen-bond acceptors (Lipinski definition) is 4. The molecule has 1 saturated heterocycles. The number of fused-ring (bicyclic) bond motifs is 1. The second-order valence-corrected chi connectivity index (χ2v) is 9.50. The predicted octanol–water partition coefficient (Wildman–Crippen LogP) is 3.96. The number of nitrogens with zero attached hydrogens (tertiary/aromatic N) is 4. The summed E-state index contributed by atoms with van der Waals surface area (Å²) >= 11 is 0. The van der Waals surface area contributed by atoms with Gasteiger partial charge in [0.2, 0.25) is 11.8 Å². The van der Waals surface area contributed by atoms with Crippen molar-refractivity contribution in [3.8, 4) is 0 Å². The number of amides is 2. The zero-order chi connectivity index (χ0) is 20.5. The molecule has 158 valence electrons. The van der Waals surface area contributed by atoms with E-state index in [1.807, 2.05) is 16.7 Å². The fraction of sp³-hybridized carbons (Fsp3) is 0.739. The first-order valence-corrected chi connectivity index (χ1v) is 11.4. The van der Waals surface area contributed by atoms with E-state index in [4.69, 9.17) is 9.97 Å². The van der Waals surface area contributed by atoms with Gasteiger partial charge in [0, 0.05) is 30.8 Å². The SMILES string of the molecule is Cc1nc(C2CCCN2C(=O)CC2CCCCC2)nc2c1CC(=O)N2CC(C)C. The van der Waals surface area contributed by atoms with Gasteiger partial charge in [0.1, 0.15) is 5.82 Å². The Bertz CT molecular complexity index is 785. The number of aromatic nitrogens is 2. The largest absolute Gasteiger partial charge is 0.332 e. The first-order chi connectivity index (χ1) is 13.9. The quantitative estimate of drug-likeness (QED) is 0.753. The van der Waals surface area contributed by atoms with E-state index in [1.54, 1.807) is 0 Å². The minimum Gasteiger partial charge on any atom is -0.332 e. The summed E-state index contributed by atoms with van der Waals surface area (Å²) in [6, 6.07) is -0.0494. The average molecular weight is 399 g/mol. The Hall–Kier alpha value is -1.98. The van der Waals surface area contributed by atoms with Crippen molar-refractivity contribution in [2.45, 2.75) is 84.6 Å². The molecule has 29 heavy (non-hydrogen) atoms. The molecule has 3 heterocycles. The molecule has 1 unspecified atom stereocenters. The van der Waals surface area contributed by atoms with E-state index in [1.165, 1.54) is 32.1 Å². The molecule has 2 amide bonds. The lowest BCUT2D eigenvalue weighted by Gasteiger charge is -2.28. The van der Waals surface area contributed by atoms with Crippen molar-refractivity contribution in [3.05, 3.63) is 17.1 Å². The van der Waals surface area contributed by atoms with Crippen molar-refractivity contribution in [1.29, 1.82) is 0 Å². The lowest BCUT2D eigenvalue weighted by Crippen LogP contribution is -2.34. The molecule has 6 heteroatoms. The van der Waals surface area contributed by atoms with Crippen LogP contribution < -0.4 is 4.90 Å². The molecule has 2 aliphatic heterocycles. The summed E-state index contributed by atoms with van der Waals surface area (Å²) in [5, 5.41) is 0. The maximum Gasteiger partial charge on any atom is 0.232 e. The van der Waals surface area contributed by atoms with Crippen LogP contribution in [0.5, 0.6) is 0 Å². The van der Waals surface area contributed by atoms with Crippen LogP contribution in [0.25, 0.3) is 0 Å². The molecule has 0 spiro atoms. The van der Waals surface area contributed by atoms with Crippen LogP contribution in [0.4, 0.5) is 5.82 Å². The molecule has 1 atom stereocenters. The van der Waals surface area contributed by atoms with Gasteiger partial charge in [0.25, 0.3) is 0 Å². The highest BCUT2D eigenvalue weighted by atomic mass is 16.2. The smallest absolute Gasteiger partial charge is 0.232 e. The van der Waals surface area contributed by atoms with Crippen LogP contribution in [-0.4, -0.2) is 39.8 Å². The van der Waals surface area contributed by atoms with Gasteiger partial charge in [-0.05, 0) is 44.4 Å². The molecule has 1 aliphatic carbocycles. The van der Waals surface area contributed by atoms with Crippen molar-refractivity contribution < 1.29 is 9.59 Å². The molecule has 0 aromatic carbocycles. The van der Waals surface area contributed by atoms with Gasteiger partial charge in [-0.2, -0.15) is 0 Å². The highest BCUT2D eigenvalue weighted by Crippen LogP contribution is 2.36.